The van der Waals surface area contributed by atoms with E-state index in [4.69, 9.17) is 5.11 Å². The van der Waals surface area contributed by atoms with E-state index in [1.54, 1.807) is 0 Å². The minimum absolute atomic E-state index is 0. The van der Waals surface area contributed by atoms with Crippen LogP contribution in [-0.4, -0.2) is 44.4 Å². The van der Waals surface area contributed by atoms with Crippen molar-refractivity contribution in [2.45, 2.75) is 70.9 Å². The Labute approximate surface area is 251 Å². The first kappa shape index (κ1) is 33.9. The summed E-state index contributed by atoms with van der Waals surface area (Å²) in [4.78, 5) is 15.8. The summed E-state index contributed by atoms with van der Waals surface area (Å²) >= 11 is 0. The number of hydrogen-bond donors (Lipinski definition) is 1. The van der Waals surface area contributed by atoms with E-state index in [1.165, 1.54) is 22.3 Å². The lowest BCUT2D eigenvalue weighted by molar-refractivity contribution is -0.143. The summed E-state index contributed by atoms with van der Waals surface area (Å²) in [6.45, 7) is 2.93. The Hall–Kier alpha value is -3.55. The zero-order chi connectivity index (χ0) is 30.7. The first-order valence-corrected chi connectivity index (χ1v) is 13.6. The number of carbonyl (C=O) groups is 1. The van der Waals surface area contributed by atoms with Gasteiger partial charge in [0.25, 0.3) is 5.95 Å². The maximum Gasteiger partial charge on any atom is 0.416 e. The van der Waals surface area contributed by atoms with Gasteiger partial charge in [0.2, 0.25) is 0 Å². The molecular formula is C28H33ClF6N6O2. The van der Waals surface area contributed by atoms with Crippen LogP contribution in [0.3, 0.4) is 0 Å². The summed E-state index contributed by atoms with van der Waals surface area (Å²) in [5.74, 6) is -0.814. The van der Waals surface area contributed by atoms with Crippen LogP contribution in [0.25, 0.3) is 0 Å². The number of aromatic nitrogens is 4. The number of tetrazole rings is 1. The number of rotatable bonds is 12. The maximum atomic E-state index is 13.6. The summed E-state index contributed by atoms with van der Waals surface area (Å²) in [7, 11) is 1.51. The molecule has 0 saturated heterocycles. The monoisotopic (exact) mass is 634 g/mol. The molecule has 3 aromatic rings. The first-order valence-electron chi connectivity index (χ1n) is 13.6. The van der Waals surface area contributed by atoms with Crippen LogP contribution in [0.1, 0.15) is 66.0 Å². The van der Waals surface area contributed by atoms with Gasteiger partial charge in [-0.2, -0.15) is 31.1 Å². The molecule has 0 spiro atoms. The van der Waals surface area contributed by atoms with E-state index < -0.39 is 29.4 Å². The molecule has 0 fully saturated rings. The first-order chi connectivity index (χ1) is 19.7. The molecule has 0 saturated carbocycles. The van der Waals surface area contributed by atoms with Crippen molar-refractivity contribution in [3.63, 3.8) is 0 Å². The number of nitrogens with zero attached hydrogens (tertiary/aromatic N) is 6. The molecule has 0 amide bonds. The summed E-state index contributed by atoms with van der Waals surface area (Å²) < 4.78 is 81.4. The number of unbranched alkanes of at least 4 members (excludes halogenated alkanes) is 1. The van der Waals surface area contributed by atoms with Crippen molar-refractivity contribution in [2.75, 3.05) is 22.9 Å². The zero-order valence-electron chi connectivity index (χ0n) is 23.7. The maximum absolute atomic E-state index is 13.6. The van der Waals surface area contributed by atoms with Crippen LogP contribution in [0.5, 0.6) is 0 Å². The second kappa shape index (κ2) is 13.8. The van der Waals surface area contributed by atoms with E-state index in [0.29, 0.717) is 38.1 Å². The van der Waals surface area contributed by atoms with Crippen LogP contribution >= 0.6 is 12.4 Å². The predicted molar refractivity (Wildman–Crippen MR) is 150 cm³/mol. The second-order valence-corrected chi connectivity index (χ2v) is 10.4. The van der Waals surface area contributed by atoms with Gasteiger partial charge in [-0.1, -0.05) is 11.2 Å². The molecule has 1 aliphatic rings. The van der Waals surface area contributed by atoms with Crippen LogP contribution in [0.4, 0.5) is 38.0 Å². The van der Waals surface area contributed by atoms with Crippen molar-refractivity contribution in [3.8, 4) is 0 Å². The Morgan fingerprint density at radius 3 is 2.09 bits per heavy atom. The van der Waals surface area contributed by atoms with Crippen molar-refractivity contribution in [1.82, 2.24) is 20.2 Å². The normalized spacial score (nSPS) is 13.0. The number of aliphatic carboxylic acids is 1. The quantitative estimate of drug-likeness (QED) is 0.181. The molecule has 0 radical (unpaired) electrons. The third-order valence-corrected chi connectivity index (χ3v) is 7.25. The van der Waals surface area contributed by atoms with Crippen LogP contribution in [0.2, 0.25) is 0 Å². The highest BCUT2D eigenvalue weighted by Crippen LogP contribution is 2.37. The number of carboxylic acids is 1. The number of benzene rings is 2. The summed E-state index contributed by atoms with van der Waals surface area (Å²) in [6.07, 6.45) is -6.02. The smallest absolute Gasteiger partial charge is 0.416 e. The molecule has 1 aliphatic carbocycles. The predicted octanol–water partition coefficient (Wildman–Crippen LogP) is 6.45. The van der Waals surface area contributed by atoms with Crippen LogP contribution in [-0.2, 0) is 50.1 Å². The fourth-order valence-corrected chi connectivity index (χ4v) is 5.25. The molecular weight excluding hydrogens is 602 g/mol. The SMILES string of the molecule is CCN(CCCCC(=O)O)c1cc2c(cc1CN(Cc1cc(C(F)(F)F)cc(C(F)(F)F)c1)c1nnn(C)n1)CCC2.Cl. The molecule has 0 aliphatic heterocycles. The van der Waals surface area contributed by atoms with Crippen molar-refractivity contribution in [2.24, 2.45) is 7.05 Å². The molecule has 4 rings (SSSR count). The molecule has 43 heavy (non-hydrogen) atoms. The lowest BCUT2D eigenvalue weighted by Gasteiger charge is -2.29. The van der Waals surface area contributed by atoms with Gasteiger partial charge in [0.1, 0.15) is 0 Å². The Kier molecular flexibility index (Phi) is 10.9. The van der Waals surface area contributed by atoms with Gasteiger partial charge < -0.3 is 14.9 Å². The fourth-order valence-electron chi connectivity index (χ4n) is 5.25. The van der Waals surface area contributed by atoms with E-state index in [1.807, 2.05) is 13.0 Å². The van der Waals surface area contributed by atoms with Gasteiger partial charge in [-0.15, -0.1) is 17.5 Å². The topological polar surface area (TPSA) is 87.4 Å². The van der Waals surface area contributed by atoms with Crippen molar-refractivity contribution < 1.29 is 36.2 Å². The lowest BCUT2D eigenvalue weighted by Crippen LogP contribution is -2.29. The number of aryl methyl sites for hydroxylation is 3. The summed E-state index contributed by atoms with van der Waals surface area (Å²) in [6, 6.07) is 5.66. The lowest BCUT2D eigenvalue weighted by atomic mass is 10.0. The molecule has 236 valence electrons. The average molecular weight is 635 g/mol. The second-order valence-electron chi connectivity index (χ2n) is 10.4. The van der Waals surface area contributed by atoms with Gasteiger partial charge in [0.05, 0.1) is 18.2 Å². The molecule has 2 aromatic carbocycles. The van der Waals surface area contributed by atoms with Crippen molar-refractivity contribution >= 4 is 30.0 Å². The van der Waals surface area contributed by atoms with Gasteiger partial charge in [0.15, 0.2) is 0 Å². The minimum atomic E-state index is -4.97. The fraction of sp³-hybridized carbons (Fsp3) is 0.500. The van der Waals surface area contributed by atoms with Gasteiger partial charge >= 0.3 is 18.3 Å². The molecule has 0 atom stereocenters. The molecule has 1 N–H and O–H groups in total. The number of hydrogen-bond acceptors (Lipinski definition) is 6. The minimum Gasteiger partial charge on any atom is -0.481 e. The third kappa shape index (κ3) is 8.74. The Balaban J connectivity index is 0.00000506. The van der Waals surface area contributed by atoms with E-state index in [-0.39, 0.29) is 49.5 Å². The number of carboxylic acid groups (broad SMARTS) is 1. The highest BCUT2D eigenvalue weighted by molar-refractivity contribution is 5.85. The third-order valence-electron chi connectivity index (χ3n) is 7.25. The highest BCUT2D eigenvalue weighted by Gasteiger charge is 2.37. The average Bonchev–Trinajstić information content (AvgIpc) is 3.55. The van der Waals surface area contributed by atoms with Crippen LogP contribution in [0, 0.1) is 0 Å². The number of fused-ring (bicyclic) bond motifs is 1. The molecule has 0 bridgehead atoms. The largest absolute Gasteiger partial charge is 0.481 e. The zero-order valence-corrected chi connectivity index (χ0v) is 24.5. The van der Waals surface area contributed by atoms with Crippen LogP contribution < -0.4 is 9.80 Å². The number of anilines is 2. The number of halogens is 7. The Morgan fingerprint density at radius 1 is 0.930 bits per heavy atom. The van der Waals surface area contributed by atoms with Crippen molar-refractivity contribution in [1.29, 1.82) is 0 Å². The van der Waals surface area contributed by atoms with Crippen LogP contribution in [0.15, 0.2) is 30.3 Å². The van der Waals surface area contributed by atoms with Gasteiger partial charge in [-0.3, -0.25) is 4.79 Å². The molecule has 8 nitrogen and oxygen atoms in total. The molecule has 1 aromatic heterocycles. The standard InChI is InChI=1S/C28H32F6N6O2.ClH/c1-3-39(10-5-4-9-25(41)42)24-14-20-8-6-7-19(20)13-21(24)17-40(26-35-37-38(2)36-26)16-18-11-22(27(29,30)31)15-23(12-18)28(32,33)34;/h11-15H,3-10,16-17H2,1-2H3,(H,41,42);1H. The van der Waals surface area contributed by atoms with E-state index in [0.717, 1.165) is 36.1 Å². The van der Waals surface area contributed by atoms with Gasteiger partial charge in [-0.25, -0.2) is 0 Å². The number of alkyl halides is 6. The summed E-state index contributed by atoms with van der Waals surface area (Å²) in [5, 5.41) is 21.0. The molecule has 15 heteroatoms. The van der Waals surface area contributed by atoms with E-state index >= 15 is 0 Å². The Bertz CT molecular complexity index is 1380. The van der Waals surface area contributed by atoms with Gasteiger partial charge in [0, 0.05) is 38.3 Å². The van der Waals surface area contributed by atoms with E-state index in [2.05, 4.69) is 26.4 Å². The summed E-state index contributed by atoms with van der Waals surface area (Å²) in [5.41, 5.74) is 1.03. The molecule has 0 unspecified atom stereocenters. The van der Waals surface area contributed by atoms with Gasteiger partial charge in [-0.05, 0) is 90.8 Å². The van der Waals surface area contributed by atoms with Crippen molar-refractivity contribution in [3.05, 3.63) is 63.7 Å². The molecule has 1 heterocycles. The highest BCUT2D eigenvalue weighted by atomic mass is 35.5. The Morgan fingerprint density at radius 2 is 1.56 bits per heavy atom. The van der Waals surface area contributed by atoms with E-state index in [9.17, 15) is 31.1 Å².